The van der Waals surface area contributed by atoms with E-state index in [-0.39, 0.29) is 16.2 Å². The highest BCUT2D eigenvalue weighted by Crippen LogP contribution is 2.27. The van der Waals surface area contributed by atoms with Gasteiger partial charge in [0, 0.05) is 6.04 Å². The van der Waals surface area contributed by atoms with Crippen LogP contribution in [0.15, 0.2) is 23.1 Å². The van der Waals surface area contributed by atoms with Gasteiger partial charge in [0.1, 0.15) is 11.6 Å². The summed E-state index contributed by atoms with van der Waals surface area (Å²) >= 11 is 0. The van der Waals surface area contributed by atoms with E-state index >= 15 is 0 Å². The van der Waals surface area contributed by atoms with Gasteiger partial charge in [0.2, 0.25) is 0 Å². The summed E-state index contributed by atoms with van der Waals surface area (Å²) in [7, 11) is -1.51. The lowest BCUT2D eigenvalue weighted by Gasteiger charge is -2.25. The Balaban J connectivity index is 2.26. The molecule has 1 aliphatic rings. The number of rotatable bonds is 4. The van der Waals surface area contributed by atoms with Crippen LogP contribution in [0, 0.1) is 11.6 Å². The molecule has 3 atom stereocenters. The van der Waals surface area contributed by atoms with Gasteiger partial charge in [-0.3, -0.25) is 4.21 Å². The maximum absolute atomic E-state index is 13.8. The second-order valence-electron chi connectivity index (χ2n) is 5.21. The van der Waals surface area contributed by atoms with Crippen LogP contribution in [0.4, 0.5) is 8.78 Å². The SMILES string of the molecule is CCNC1CCCCCC1S(=O)c1cc(F)ccc1F. The molecule has 0 aromatic heterocycles. The van der Waals surface area contributed by atoms with Crippen LogP contribution in [-0.2, 0) is 10.8 Å². The molecule has 5 heteroatoms. The van der Waals surface area contributed by atoms with Crippen LogP contribution in [-0.4, -0.2) is 22.0 Å². The van der Waals surface area contributed by atoms with Crippen molar-refractivity contribution in [2.24, 2.45) is 0 Å². The molecule has 2 rings (SSSR count). The number of nitrogens with one attached hydrogen (secondary N) is 1. The van der Waals surface area contributed by atoms with E-state index in [4.69, 9.17) is 0 Å². The van der Waals surface area contributed by atoms with Crippen molar-refractivity contribution in [1.82, 2.24) is 5.32 Å². The molecule has 3 unspecified atom stereocenters. The van der Waals surface area contributed by atoms with Crippen LogP contribution < -0.4 is 5.32 Å². The number of hydrogen-bond donors (Lipinski definition) is 1. The average Bonchev–Trinajstić information content (AvgIpc) is 2.67. The van der Waals surface area contributed by atoms with Gasteiger partial charge in [-0.05, 0) is 37.6 Å². The predicted octanol–water partition coefficient (Wildman–Crippen LogP) is 3.38. The standard InChI is InChI=1S/C15H21F2NOS/c1-2-18-13-6-4-3-5-7-14(13)20(19)15-10-11(16)8-9-12(15)17/h8-10,13-14,18H,2-7H2,1H3. The number of hydrogen-bond acceptors (Lipinski definition) is 2. The molecule has 0 radical (unpaired) electrons. The molecular weight excluding hydrogens is 280 g/mol. The summed E-state index contributed by atoms with van der Waals surface area (Å²) in [6, 6.07) is 3.30. The van der Waals surface area contributed by atoms with E-state index in [2.05, 4.69) is 5.32 Å². The van der Waals surface area contributed by atoms with Crippen LogP contribution in [0.5, 0.6) is 0 Å². The van der Waals surface area contributed by atoms with E-state index in [1.165, 1.54) is 0 Å². The van der Waals surface area contributed by atoms with Gasteiger partial charge < -0.3 is 5.32 Å². The Bertz CT molecular complexity index is 481. The fraction of sp³-hybridized carbons (Fsp3) is 0.600. The summed E-state index contributed by atoms with van der Waals surface area (Å²) in [5, 5.41) is 3.21. The zero-order chi connectivity index (χ0) is 14.5. The second-order valence-corrected chi connectivity index (χ2v) is 6.85. The molecule has 112 valence electrons. The van der Waals surface area contributed by atoms with E-state index in [1.54, 1.807) is 0 Å². The van der Waals surface area contributed by atoms with E-state index < -0.39 is 22.4 Å². The molecule has 0 saturated heterocycles. The maximum Gasteiger partial charge on any atom is 0.139 e. The summed E-state index contributed by atoms with van der Waals surface area (Å²) in [4.78, 5) is -0.000182. The largest absolute Gasteiger partial charge is 0.313 e. The molecular formula is C15H21F2NOS. The summed E-state index contributed by atoms with van der Waals surface area (Å²) in [5.74, 6) is -1.12. The first-order valence-electron chi connectivity index (χ1n) is 7.22. The van der Waals surface area contributed by atoms with Crippen molar-refractivity contribution in [3.63, 3.8) is 0 Å². The molecule has 2 nitrogen and oxygen atoms in total. The van der Waals surface area contributed by atoms with E-state index in [0.29, 0.717) is 0 Å². The Morgan fingerprint density at radius 3 is 2.75 bits per heavy atom. The van der Waals surface area contributed by atoms with E-state index in [0.717, 1.165) is 56.8 Å². The monoisotopic (exact) mass is 301 g/mol. The fourth-order valence-electron chi connectivity index (χ4n) is 2.82. The van der Waals surface area contributed by atoms with Gasteiger partial charge in [-0.25, -0.2) is 8.78 Å². The highest BCUT2D eigenvalue weighted by molar-refractivity contribution is 7.85. The lowest BCUT2D eigenvalue weighted by molar-refractivity contribution is 0.473. The minimum atomic E-state index is -1.51. The zero-order valence-corrected chi connectivity index (χ0v) is 12.5. The summed E-state index contributed by atoms with van der Waals surface area (Å²) < 4.78 is 39.8. The smallest absolute Gasteiger partial charge is 0.139 e. The molecule has 1 fully saturated rings. The molecule has 1 saturated carbocycles. The van der Waals surface area contributed by atoms with E-state index in [1.807, 2.05) is 6.92 Å². The van der Waals surface area contributed by atoms with Gasteiger partial charge in [0.15, 0.2) is 0 Å². The molecule has 0 aliphatic heterocycles. The number of halogens is 2. The first-order valence-corrected chi connectivity index (χ1v) is 8.43. The summed E-state index contributed by atoms with van der Waals surface area (Å²) in [5.41, 5.74) is 0. The van der Waals surface area contributed by atoms with E-state index in [9.17, 15) is 13.0 Å². The molecule has 1 aliphatic carbocycles. The highest BCUT2D eigenvalue weighted by atomic mass is 32.2. The Labute approximate surface area is 121 Å². The lowest BCUT2D eigenvalue weighted by Crippen LogP contribution is -2.41. The summed E-state index contributed by atoms with van der Waals surface area (Å²) in [6.45, 7) is 2.80. The van der Waals surface area contributed by atoms with Gasteiger partial charge in [-0.1, -0.05) is 26.2 Å². The van der Waals surface area contributed by atoms with Crippen LogP contribution in [0.2, 0.25) is 0 Å². The van der Waals surface area contributed by atoms with Crippen LogP contribution >= 0.6 is 0 Å². The quantitative estimate of drug-likeness (QED) is 0.864. The molecule has 20 heavy (non-hydrogen) atoms. The second kappa shape index (κ2) is 7.27. The average molecular weight is 301 g/mol. The third-order valence-electron chi connectivity index (χ3n) is 3.80. The number of benzene rings is 1. The molecule has 1 N–H and O–H groups in total. The van der Waals surface area contributed by atoms with Crippen LogP contribution in [0.3, 0.4) is 0 Å². The normalized spacial score (nSPS) is 25.1. The molecule has 0 bridgehead atoms. The van der Waals surface area contributed by atoms with Crippen LogP contribution in [0.1, 0.15) is 39.0 Å². The van der Waals surface area contributed by atoms with Gasteiger partial charge >= 0.3 is 0 Å². The Morgan fingerprint density at radius 1 is 1.25 bits per heavy atom. The lowest BCUT2D eigenvalue weighted by atomic mass is 10.1. The Kier molecular flexibility index (Phi) is 5.66. The van der Waals surface area contributed by atoms with Crippen molar-refractivity contribution in [3.05, 3.63) is 29.8 Å². The molecule has 0 amide bonds. The van der Waals surface area contributed by atoms with Crippen molar-refractivity contribution in [2.75, 3.05) is 6.54 Å². The highest BCUT2D eigenvalue weighted by Gasteiger charge is 2.30. The fourth-order valence-corrected chi connectivity index (χ4v) is 4.55. The van der Waals surface area contributed by atoms with Gasteiger partial charge in [0.25, 0.3) is 0 Å². The first-order chi connectivity index (χ1) is 9.63. The third kappa shape index (κ3) is 3.64. The minimum absolute atomic E-state index is 0.000182. The van der Waals surface area contributed by atoms with Crippen molar-refractivity contribution in [2.45, 2.75) is 55.2 Å². The molecule has 0 spiro atoms. The van der Waals surface area contributed by atoms with Crippen molar-refractivity contribution >= 4 is 10.8 Å². The molecule has 1 aromatic rings. The predicted molar refractivity (Wildman–Crippen MR) is 77.1 cm³/mol. The Hall–Kier alpha value is -0.810. The Morgan fingerprint density at radius 2 is 2.00 bits per heavy atom. The molecule has 0 heterocycles. The minimum Gasteiger partial charge on any atom is -0.313 e. The van der Waals surface area contributed by atoms with Gasteiger partial charge in [-0.2, -0.15) is 0 Å². The third-order valence-corrected chi connectivity index (χ3v) is 5.66. The zero-order valence-electron chi connectivity index (χ0n) is 11.7. The topological polar surface area (TPSA) is 29.1 Å². The first kappa shape index (κ1) is 15.6. The van der Waals surface area contributed by atoms with Gasteiger partial charge in [-0.15, -0.1) is 0 Å². The molecule has 1 aromatic carbocycles. The van der Waals surface area contributed by atoms with Crippen molar-refractivity contribution in [3.8, 4) is 0 Å². The van der Waals surface area contributed by atoms with Crippen molar-refractivity contribution in [1.29, 1.82) is 0 Å². The van der Waals surface area contributed by atoms with Crippen molar-refractivity contribution < 1.29 is 13.0 Å². The van der Waals surface area contributed by atoms with Gasteiger partial charge in [0.05, 0.1) is 20.9 Å². The maximum atomic E-state index is 13.8. The van der Waals surface area contributed by atoms with Crippen LogP contribution in [0.25, 0.3) is 0 Å². The summed E-state index contributed by atoms with van der Waals surface area (Å²) in [6.07, 6.45) is 4.94.